The van der Waals surface area contributed by atoms with Gasteiger partial charge in [-0.25, -0.2) is 9.78 Å². The van der Waals surface area contributed by atoms with Crippen LogP contribution in [0.4, 0.5) is 16.2 Å². The predicted molar refractivity (Wildman–Crippen MR) is 72.3 cm³/mol. The van der Waals surface area contributed by atoms with Crippen molar-refractivity contribution >= 4 is 17.4 Å². The summed E-state index contributed by atoms with van der Waals surface area (Å²) in [6.45, 7) is 1.77. The first-order valence-electron chi connectivity index (χ1n) is 5.87. The Morgan fingerprint density at radius 3 is 2.95 bits per heavy atom. The normalized spacial score (nSPS) is 11.7. The van der Waals surface area contributed by atoms with Crippen LogP contribution in [-0.4, -0.2) is 20.9 Å². The Bertz CT molecular complexity index is 611. The van der Waals surface area contributed by atoms with Crippen LogP contribution in [0.25, 0.3) is 0 Å². The minimum absolute atomic E-state index is 0.0816. The van der Waals surface area contributed by atoms with Crippen molar-refractivity contribution in [2.24, 2.45) is 0 Å². The fraction of sp³-hybridized carbons (Fsp3) is 0.167. The van der Waals surface area contributed by atoms with Gasteiger partial charge in [-0.3, -0.25) is 10.1 Å². The summed E-state index contributed by atoms with van der Waals surface area (Å²) in [5.74, 6) is 0.624. The number of aromatic nitrogens is 2. The highest BCUT2D eigenvalue weighted by atomic mass is 16.6. The molecule has 1 heterocycles. The highest BCUT2D eigenvalue weighted by Gasteiger charge is 2.12. The van der Waals surface area contributed by atoms with Gasteiger partial charge in [0.25, 0.3) is 5.69 Å². The predicted octanol–water partition coefficient (Wildman–Crippen LogP) is 2.20. The summed E-state index contributed by atoms with van der Waals surface area (Å²) in [7, 11) is 0. The number of carbonyl (C=O) groups excluding carboxylic acids is 1. The number of hydrogen-bond acceptors (Lipinski definition) is 4. The van der Waals surface area contributed by atoms with E-state index in [1.165, 1.54) is 18.2 Å². The minimum atomic E-state index is -0.519. The number of nitro groups is 1. The van der Waals surface area contributed by atoms with Crippen LogP contribution in [-0.2, 0) is 0 Å². The van der Waals surface area contributed by atoms with Crippen molar-refractivity contribution in [3.8, 4) is 0 Å². The fourth-order valence-electron chi connectivity index (χ4n) is 1.64. The fourth-order valence-corrected chi connectivity index (χ4v) is 1.64. The molecule has 0 bridgehead atoms. The van der Waals surface area contributed by atoms with E-state index in [0.29, 0.717) is 11.5 Å². The van der Waals surface area contributed by atoms with Crippen LogP contribution in [0.2, 0.25) is 0 Å². The molecular weight excluding hydrogens is 262 g/mol. The summed E-state index contributed by atoms with van der Waals surface area (Å²) in [5.41, 5.74) is 0.269. The second-order valence-corrected chi connectivity index (χ2v) is 4.10. The lowest BCUT2D eigenvalue weighted by molar-refractivity contribution is -0.384. The van der Waals surface area contributed by atoms with Crippen molar-refractivity contribution < 1.29 is 9.72 Å². The molecule has 0 saturated carbocycles. The Kier molecular flexibility index (Phi) is 3.94. The molecule has 8 heteroatoms. The number of non-ortho nitro benzene ring substituents is 1. The molecular formula is C12H13N5O3. The summed E-state index contributed by atoms with van der Waals surface area (Å²) in [4.78, 5) is 28.8. The number of urea groups is 1. The quantitative estimate of drug-likeness (QED) is 0.586. The van der Waals surface area contributed by atoms with Crippen molar-refractivity contribution in [2.75, 3.05) is 5.32 Å². The van der Waals surface area contributed by atoms with E-state index in [1.54, 1.807) is 25.4 Å². The SMILES string of the molecule is CC(NC(=O)Nc1cccc([N+](=O)[O-])c1)c1ncc[nH]1. The van der Waals surface area contributed by atoms with E-state index in [9.17, 15) is 14.9 Å². The van der Waals surface area contributed by atoms with Crippen molar-refractivity contribution in [3.63, 3.8) is 0 Å². The van der Waals surface area contributed by atoms with Crippen LogP contribution in [0, 0.1) is 10.1 Å². The molecule has 0 aliphatic rings. The van der Waals surface area contributed by atoms with Crippen LogP contribution < -0.4 is 10.6 Å². The molecule has 1 unspecified atom stereocenters. The second kappa shape index (κ2) is 5.83. The number of anilines is 1. The summed E-state index contributed by atoms with van der Waals surface area (Å²) in [5, 5.41) is 15.8. The number of hydrogen-bond donors (Lipinski definition) is 3. The smallest absolute Gasteiger partial charge is 0.319 e. The summed E-state index contributed by atoms with van der Waals surface area (Å²) in [6.07, 6.45) is 3.25. The summed E-state index contributed by atoms with van der Waals surface area (Å²) >= 11 is 0. The maximum absolute atomic E-state index is 11.8. The van der Waals surface area contributed by atoms with Crippen LogP contribution in [0.5, 0.6) is 0 Å². The third-order valence-electron chi connectivity index (χ3n) is 2.59. The largest absolute Gasteiger partial charge is 0.347 e. The Morgan fingerprint density at radius 2 is 2.30 bits per heavy atom. The molecule has 0 radical (unpaired) electrons. The lowest BCUT2D eigenvalue weighted by atomic mass is 10.3. The van der Waals surface area contributed by atoms with E-state index in [-0.39, 0.29) is 11.7 Å². The second-order valence-electron chi connectivity index (χ2n) is 4.10. The summed E-state index contributed by atoms with van der Waals surface area (Å²) < 4.78 is 0. The zero-order valence-corrected chi connectivity index (χ0v) is 10.7. The van der Waals surface area contributed by atoms with Crippen molar-refractivity contribution in [1.29, 1.82) is 0 Å². The number of nitrogens with zero attached hydrogens (tertiary/aromatic N) is 2. The van der Waals surface area contributed by atoms with Crippen molar-refractivity contribution in [1.82, 2.24) is 15.3 Å². The number of imidazole rings is 1. The molecule has 104 valence electrons. The number of nitro benzene ring substituents is 1. The first kappa shape index (κ1) is 13.5. The van der Waals surface area contributed by atoms with Gasteiger partial charge in [0.15, 0.2) is 0 Å². The van der Waals surface area contributed by atoms with Gasteiger partial charge in [0.2, 0.25) is 0 Å². The average Bonchev–Trinajstić information content (AvgIpc) is 2.92. The van der Waals surface area contributed by atoms with Gasteiger partial charge in [-0.2, -0.15) is 0 Å². The van der Waals surface area contributed by atoms with Crippen LogP contribution in [0.15, 0.2) is 36.7 Å². The Morgan fingerprint density at radius 1 is 1.50 bits per heavy atom. The number of nitrogens with one attached hydrogen (secondary N) is 3. The molecule has 1 aromatic carbocycles. The van der Waals surface area contributed by atoms with Gasteiger partial charge in [-0.15, -0.1) is 0 Å². The number of benzene rings is 1. The molecule has 20 heavy (non-hydrogen) atoms. The van der Waals surface area contributed by atoms with Gasteiger partial charge >= 0.3 is 6.03 Å². The van der Waals surface area contributed by atoms with Crippen LogP contribution in [0.1, 0.15) is 18.8 Å². The molecule has 0 spiro atoms. The third kappa shape index (κ3) is 3.31. The van der Waals surface area contributed by atoms with Crippen LogP contribution >= 0.6 is 0 Å². The van der Waals surface area contributed by atoms with Crippen LogP contribution in [0.3, 0.4) is 0 Å². The molecule has 8 nitrogen and oxygen atoms in total. The average molecular weight is 275 g/mol. The van der Waals surface area contributed by atoms with Gasteiger partial charge < -0.3 is 15.6 Å². The maximum Gasteiger partial charge on any atom is 0.319 e. The highest BCUT2D eigenvalue weighted by Crippen LogP contribution is 2.17. The van der Waals surface area contributed by atoms with Gasteiger partial charge in [0, 0.05) is 30.2 Å². The third-order valence-corrected chi connectivity index (χ3v) is 2.59. The Balaban J connectivity index is 1.98. The van der Waals surface area contributed by atoms with E-state index >= 15 is 0 Å². The lowest BCUT2D eigenvalue weighted by Gasteiger charge is -2.12. The molecule has 2 aromatic rings. The zero-order valence-electron chi connectivity index (χ0n) is 10.7. The van der Waals surface area contributed by atoms with Gasteiger partial charge in [-0.05, 0) is 13.0 Å². The molecule has 0 aliphatic carbocycles. The zero-order chi connectivity index (χ0) is 14.5. The van der Waals surface area contributed by atoms with Crippen molar-refractivity contribution in [2.45, 2.75) is 13.0 Å². The minimum Gasteiger partial charge on any atom is -0.347 e. The molecule has 1 aromatic heterocycles. The summed E-state index contributed by atoms with van der Waals surface area (Å²) in [6, 6.07) is 4.96. The topological polar surface area (TPSA) is 113 Å². The van der Waals surface area contributed by atoms with E-state index in [1.807, 2.05) is 0 Å². The number of rotatable bonds is 4. The first-order chi connectivity index (χ1) is 9.56. The number of aromatic amines is 1. The molecule has 3 N–H and O–H groups in total. The standard InChI is InChI=1S/C12H13N5O3/c1-8(11-13-5-6-14-11)15-12(18)16-9-3-2-4-10(7-9)17(19)20/h2-8H,1H3,(H,13,14)(H2,15,16,18). The molecule has 0 saturated heterocycles. The monoisotopic (exact) mass is 275 g/mol. The van der Waals surface area contributed by atoms with E-state index in [4.69, 9.17) is 0 Å². The number of carbonyl (C=O) groups is 1. The van der Waals surface area contributed by atoms with E-state index in [0.717, 1.165) is 0 Å². The molecule has 0 aliphatic heterocycles. The van der Waals surface area contributed by atoms with Gasteiger partial charge in [0.05, 0.1) is 11.0 Å². The number of H-pyrrole nitrogens is 1. The molecule has 2 rings (SSSR count). The number of amides is 2. The Labute approximate surface area is 114 Å². The first-order valence-corrected chi connectivity index (χ1v) is 5.87. The van der Waals surface area contributed by atoms with E-state index in [2.05, 4.69) is 20.6 Å². The molecule has 0 fully saturated rings. The van der Waals surface area contributed by atoms with E-state index < -0.39 is 11.0 Å². The lowest BCUT2D eigenvalue weighted by Crippen LogP contribution is -2.31. The maximum atomic E-state index is 11.8. The molecule has 2 amide bonds. The molecule has 1 atom stereocenters. The van der Waals surface area contributed by atoms with Gasteiger partial charge in [0.1, 0.15) is 5.82 Å². The highest BCUT2D eigenvalue weighted by molar-refractivity contribution is 5.89. The van der Waals surface area contributed by atoms with Gasteiger partial charge in [-0.1, -0.05) is 6.07 Å². The Hall–Kier alpha value is -2.90. The van der Waals surface area contributed by atoms with Crippen molar-refractivity contribution in [3.05, 3.63) is 52.6 Å².